The summed E-state index contributed by atoms with van der Waals surface area (Å²) in [6, 6.07) is 8.84. The molecule has 6 atom stereocenters. The van der Waals surface area contributed by atoms with Crippen LogP contribution in [-0.4, -0.2) is 111 Å². The number of hydrogen-bond acceptors (Lipinski definition) is 10. The third kappa shape index (κ3) is 17.2. The molecular formula is C47H59F3N6O11. The molecule has 0 aliphatic carbocycles. The normalized spacial score (nSPS) is 14.4. The second kappa shape index (κ2) is 24.2. The number of halogens is 3. The van der Waals surface area contributed by atoms with Gasteiger partial charge in [-0.3, -0.25) is 43.3 Å². The Morgan fingerprint density at radius 1 is 0.716 bits per heavy atom. The molecule has 0 aromatic heterocycles. The number of carboxylic acid groups (broad SMARTS) is 2. The molecular weight excluding hydrogens is 882 g/mol. The van der Waals surface area contributed by atoms with Crippen LogP contribution in [0, 0.1) is 18.3 Å². The van der Waals surface area contributed by atoms with E-state index in [9.17, 15) is 61.7 Å². The Balaban J connectivity index is 2.19. The first-order chi connectivity index (χ1) is 31.2. The highest BCUT2D eigenvalue weighted by Crippen LogP contribution is 2.28. The molecule has 6 amide bonds. The zero-order valence-corrected chi connectivity index (χ0v) is 38.1. The van der Waals surface area contributed by atoms with Gasteiger partial charge in [0.2, 0.25) is 29.5 Å². The number of nitrogens with zero attached hydrogens (tertiary/aromatic N) is 1. The lowest BCUT2D eigenvalue weighted by atomic mass is 9.83. The maximum atomic E-state index is 15.2. The summed E-state index contributed by atoms with van der Waals surface area (Å²) in [6.07, 6.45) is -9.81. The van der Waals surface area contributed by atoms with Gasteiger partial charge in [0.25, 0.3) is 5.91 Å². The van der Waals surface area contributed by atoms with Gasteiger partial charge in [0.15, 0.2) is 0 Å². The van der Waals surface area contributed by atoms with Gasteiger partial charge in [0.1, 0.15) is 30.5 Å². The number of aldehydes is 1. The van der Waals surface area contributed by atoms with E-state index in [0.29, 0.717) is 21.6 Å². The quantitative estimate of drug-likeness (QED) is 0.0674. The van der Waals surface area contributed by atoms with Crippen LogP contribution in [-0.2, 0) is 56.0 Å². The van der Waals surface area contributed by atoms with Crippen molar-refractivity contribution in [2.75, 3.05) is 0 Å². The second-order valence-electron chi connectivity index (χ2n) is 17.9. The third-order valence-corrected chi connectivity index (χ3v) is 10.6. The monoisotopic (exact) mass is 940 g/mol. The Kier molecular flexibility index (Phi) is 19.7. The van der Waals surface area contributed by atoms with E-state index < -0.39 is 121 Å². The number of carbonyl (C=O) groups excluding carboxylic acids is 7. The number of aryl methyl sites for hydroxylation is 1. The fourth-order valence-electron chi connectivity index (χ4n) is 7.32. The van der Waals surface area contributed by atoms with Crippen LogP contribution in [0.25, 0.3) is 10.8 Å². The molecule has 0 saturated carbocycles. The van der Waals surface area contributed by atoms with Crippen LogP contribution in [0.4, 0.5) is 13.2 Å². The first-order valence-corrected chi connectivity index (χ1v) is 21.5. The highest BCUT2D eigenvalue weighted by atomic mass is 19.4. The standard InChI is InChI=1S/C47H59F3N6O11/c1-26(2)19-34(42(64)52-32(25-57)24-47(48,49)50)54-44(66)40(46(4,5)6)56(37(58)17-18-38(59)60)45(67)36(22-30-13-8-7-11-27(30)3)55-43(65)35(53-41(63)33(51)23-39(61)62)21-28-15-16-29-12-9-10-14-31(29)20-28/h7-16,20,25-26,32-36,40H,17-19,21-24,51H2,1-6H3,(H,52,64)(H,53,63)(H,54,66)(H,55,65)(H,59,60)(H,61,62)/t32?,33-,34-,35+,36-,40+/m0/s1. The lowest BCUT2D eigenvalue weighted by Crippen LogP contribution is -2.64. The minimum Gasteiger partial charge on any atom is -0.481 e. The zero-order chi connectivity index (χ0) is 50.4. The molecule has 0 spiro atoms. The van der Waals surface area contributed by atoms with Crippen molar-refractivity contribution in [3.8, 4) is 0 Å². The van der Waals surface area contributed by atoms with Crippen LogP contribution in [0.1, 0.15) is 83.4 Å². The SMILES string of the molecule is Cc1ccccc1C[C@H](NC(=O)[C@@H](Cc1ccc2ccccc2c1)NC(=O)[C@@H](N)CC(=O)O)C(=O)N(C(=O)CCC(=O)O)[C@H](C(=O)N[C@@H](CC(C)C)C(=O)NC(C=O)CC(F)(F)F)C(C)(C)C. The number of amides is 6. The molecule has 3 aromatic carbocycles. The number of aliphatic carboxylic acids is 2. The summed E-state index contributed by atoms with van der Waals surface area (Å²) in [5.41, 5.74) is 6.08. The Hall–Kier alpha value is -6.70. The number of nitrogens with two attached hydrogens (primary N) is 1. The number of nitrogens with one attached hydrogen (secondary N) is 4. The predicted octanol–water partition coefficient (Wildman–Crippen LogP) is 3.51. The van der Waals surface area contributed by atoms with Crippen molar-refractivity contribution in [1.82, 2.24) is 26.2 Å². The van der Waals surface area contributed by atoms with Crippen LogP contribution in [0.3, 0.4) is 0 Å². The molecule has 1 unspecified atom stereocenters. The minimum absolute atomic E-state index is 0.107. The van der Waals surface area contributed by atoms with Gasteiger partial charge in [-0.15, -0.1) is 0 Å². The first-order valence-electron chi connectivity index (χ1n) is 21.5. The Bertz CT molecular complexity index is 2300. The van der Waals surface area contributed by atoms with Gasteiger partial charge in [-0.05, 0) is 52.1 Å². The van der Waals surface area contributed by atoms with Crippen LogP contribution in [0.15, 0.2) is 66.7 Å². The number of benzene rings is 3. The van der Waals surface area contributed by atoms with Crippen molar-refractivity contribution in [3.05, 3.63) is 83.4 Å². The van der Waals surface area contributed by atoms with Gasteiger partial charge in [0.05, 0.1) is 31.3 Å². The summed E-state index contributed by atoms with van der Waals surface area (Å²) in [7, 11) is 0. The number of hydrogen-bond donors (Lipinski definition) is 7. The van der Waals surface area contributed by atoms with Crippen molar-refractivity contribution in [1.29, 1.82) is 0 Å². The average Bonchev–Trinajstić information content (AvgIpc) is 3.22. The number of fused-ring (bicyclic) bond motifs is 1. The van der Waals surface area contributed by atoms with Crippen LogP contribution in [0.5, 0.6) is 0 Å². The van der Waals surface area contributed by atoms with E-state index in [1.54, 1.807) is 69.3 Å². The van der Waals surface area contributed by atoms with E-state index in [1.165, 1.54) is 20.8 Å². The van der Waals surface area contributed by atoms with Gasteiger partial charge >= 0.3 is 18.1 Å². The van der Waals surface area contributed by atoms with Crippen molar-refractivity contribution in [2.45, 2.75) is 129 Å². The summed E-state index contributed by atoms with van der Waals surface area (Å²) in [6.45, 7) is 9.35. The zero-order valence-electron chi connectivity index (χ0n) is 38.1. The van der Waals surface area contributed by atoms with Crippen LogP contribution >= 0.6 is 0 Å². The molecule has 0 heterocycles. The van der Waals surface area contributed by atoms with E-state index in [2.05, 4.69) is 16.0 Å². The number of carbonyl (C=O) groups is 9. The lowest BCUT2D eigenvalue weighted by Gasteiger charge is -2.40. The maximum Gasteiger partial charge on any atom is 0.391 e. The number of carboxylic acids is 2. The van der Waals surface area contributed by atoms with E-state index in [0.717, 1.165) is 10.8 Å². The van der Waals surface area contributed by atoms with E-state index >= 15 is 4.79 Å². The van der Waals surface area contributed by atoms with Crippen molar-refractivity contribution < 1.29 is 66.5 Å². The number of alkyl halides is 3. The van der Waals surface area contributed by atoms with E-state index in [4.69, 9.17) is 5.73 Å². The predicted molar refractivity (Wildman–Crippen MR) is 239 cm³/mol. The average molecular weight is 941 g/mol. The summed E-state index contributed by atoms with van der Waals surface area (Å²) in [5.74, 6) is -9.94. The van der Waals surface area contributed by atoms with Crippen molar-refractivity contribution >= 4 is 64.4 Å². The Morgan fingerprint density at radius 2 is 1.30 bits per heavy atom. The molecule has 0 radical (unpaired) electrons. The molecule has 17 nitrogen and oxygen atoms in total. The fraction of sp³-hybridized carbons (Fsp3) is 0.468. The largest absolute Gasteiger partial charge is 0.481 e. The molecule has 0 fully saturated rings. The molecule has 67 heavy (non-hydrogen) atoms. The van der Waals surface area contributed by atoms with Gasteiger partial charge in [-0.1, -0.05) is 101 Å². The highest BCUT2D eigenvalue weighted by Gasteiger charge is 2.46. The van der Waals surface area contributed by atoms with Crippen LogP contribution in [0.2, 0.25) is 0 Å². The Labute approximate surface area is 385 Å². The van der Waals surface area contributed by atoms with E-state index in [-0.39, 0.29) is 31.5 Å². The minimum atomic E-state index is -4.84. The topological polar surface area (TPSA) is 271 Å². The molecule has 0 aliphatic rings. The van der Waals surface area contributed by atoms with Gasteiger partial charge in [-0.2, -0.15) is 13.2 Å². The molecule has 20 heteroatoms. The second-order valence-corrected chi connectivity index (χ2v) is 17.9. The summed E-state index contributed by atoms with van der Waals surface area (Å²) in [5, 5.41) is 30.1. The Morgan fingerprint density at radius 3 is 1.87 bits per heavy atom. The maximum absolute atomic E-state index is 15.2. The molecule has 3 rings (SSSR count). The van der Waals surface area contributed by atoms with Crippen molar-refractivity contribution in [2.24, 2.45) is 17.1 Å². The summed E-state index contributed by atoms with van der Waals surface area (Å²) >= 11 is 0. The number of imide groups is 1. The van der Waals surface area contributed by atoms with Crippen molar-refractivity contribution in [3.63, 3.8) is 0 Å². The smallest absolute Gasteiger partial charge is 0.391 e. The molecule has 0 saturated heterocycles. The summed E-state index contributed by atoms with van der Waals surface area (Å²) in [4.78, 5) is 121. The lowest BCUT2D eigenvalue weighted by molar-refractivity contribution is -0.159. The highest BCUT2D eigenvalue weighted by molar-refractivity contribution is 6.05. The molecule has 0 aliphatic heterocycles. The number of rotatable bonds is 23. The van der Waals surface area contributed by atoms with Gasteiger partial charge < -0.3 is 42.0 Å². The van der Waals surface area contributed by atoms with Crippen LogP contribution < -0.4 is 27.0 Å². The third-order valence-electron chi connectivity index (χ3n) is 10.6. The van der Waals surface area contributed by atoms with Gasteiger partial charge in [0, 0.05) is 19.3 Å². The molecule has 3 aromatic rings. The molecule has 364 valence electrons. The first kappa shape index (κ1) is 54.6. The fourth-order valence-corrected chi connectivity index (χ4v) is 7.32. The molecule has 0 bridgehead atoms. The summed E-state index contributed by atoms with van der Waals surface area (Å²) < 4.78 is 39.7. The van der Waals surface area contributed by atoms with Gasteiger partial charge in [-0.25, -0.2) is 0 Å². The van der Waals surface area contributed by atoms with E-state index in [1.807, 2.05) is 23.5 Å². The molecule has 8 N–H and O–H groups in total.